The third-order valence-corrected chi connectivity index (χ3v) is 3.18. The van der Waals surface area contributed by atoms with Gasteiger partial charge in [0, 0.05) is 6.42 Å². The van der Waals surface area contributed by atoms with E-state index >= 15 is 0 Å². The molecule has 0 bridgehead atoms. The molecule has 102 valence electrons. The van der Waals surface area contributed by atoms with Crippen molar-refractivity contribution >= 4 is 11.9 Å². The Balaban J connectivity index is 3.04. The lowest BCUT2D eigenvalue weighted by Gasteiger charge is -2.32. The molecule has 0 saturated heterocycles. The quantitative estimate of drug-likeness (QED) is 0.574. The number of hydrogen-bond acceptors (Lipinski definition) is 4. The highest BCUT2D eigenvalue weighted by Crippen LogP contribution is 2.42. The van der Waals surface area contributed by atoms with Crippen LogP contribution < -0.4 is 0 Å². The third kappa shape index (κ3) is 2.71. The van der Waals surface area contributed by atoms with Crippen molar-refractivity contribution in [1.29, 1.82) is 0 Å². The Kier molecular flexibility index (Phi) is 4.87. The third-order valence-electron chi connectivity index (χ3n) is 3.18. The van der Waals surface area contributed by atoms with Gasteiger partial charge in [-0.05, 0) is 39.2 Å². The molecule has 0 radical (unpaired) electrons. The van der Waals surface area contributed by atoms with Gasteiger partial charge >= 0.3 is 11.9 Å². The molecule has 0 unspecified atom stereocenters. The normalized spacial score (nSPS) is 18.4. The van der Waals surface area contributed by atoms with Gasteiger partial charge in [0.25, 0.3) is 0 Å². The highest BCUT2D eigenvalue weighted by Gasteiger charge is 2.51. The first-order valence-electron chi connectivity index (χ1n) is 6.16. The fourth-order valence-electron chi connectivity index (χ4n) is 2.01. The molecule has 0 heterocycles. The van der Waals surface area contributed by atoms with Crippen LogP contribution in [-0.4, -0.2) is 25.2 Å². The number of ether oxygens (including phenoxy) is 2. The van der Waals surface area contributed by atoms with Crippen molar-refractivity contribution in [2.24, 2.45) is 5.41 Å². The van der Waals surface area contributed by atoms with Crippen LogP contribution >= 0.6 is 0 Å². The average molecular weight is 258 g/mol. The maximum atomic E-state index is 13.7. The van der Waals surface area contributed by atoms with E-state index in [1.54, 1.807) is 20.8 Å². The van der Waals surface area contributed by atoms with Crippen molar-refractivity contribution in [1.82, 2.24) is 0 Å². The summed E-state index contributed by atoms with van der Waals surface area (Å²) >= 11 is 0. The number of allylic oxidation sites excluding steroid dienone is 2. The molecule has 18 heavy (non-hydrogen) atoms. The Morgan fingerprint density at radius 1 is 1.22 bits per heavy atom. The van der Waals surface area contributed by atoms with E-state index in [0.29, 0.717) is 12.0 Å². The summed E-state index contributed by atoms with van der Waals surface area (Å²) in [5.41, 5.74) is -0.922. The van der Waals surface area contributed by atoms with E-state index in [9.17, 15) is 14.0 Å². The van der Waals surface area contributed by atoms with Gasteiger partial charge in [0.2, 0.25) is 0 Å². The standard InChI is InChI=1S/C13H19FO4/c1-4-17-11(15)13(12(16)18-5-2)7-6-9(3)10(14)8-13/h4-8H2,1-3H3. The lowest BCUT2D eigenvalue weighted by molar-refractivity contribution is -0.173. The maximum absolute atomic E-state index is 13.7. The average Bonchev–Trinajstić information content (AvgIpc) is 2.33. The van der Waals surface area contributed by atoms with Crippen LogP contribution in [0.3, 0.4) is 0 Å². The molecular formula is C13H19FO4. The van der Waals surface area contributed by atoms with Gasteiger partial charge in [0.1, 0.15) is 5.83 Å². The van der Waals surface area contributed by atoms with Crippen LogP contribution in [0.4, 0.5) is 4.39 Å². The zero-order valence-electron chi connectivity index (χ0n) is 11.0. The van der Waals surface area contributed by atoms with Gasteiger partial charge in [0.15, 0.2) is 5.41 Å². The van der Waals surface area contributed by atoms with Crippen LogP contribution in [0, 0.1) is 5.41 Å². The van der Waals surface area contributed by atoms with E-state index in [1.165, 1.54) is 0 Å². The number of carbonyl (C=O) groups excluding carboxylic acids is 2. The van der Waals surface area contributed by atoms with Gasteiger partial charge in [0.05, 0.1) is 13.2 Å². The van der Waals surface area contributed by atoms with E-state index in [4.69, 9.17) is 9.47 Å². The first-order valence-corrected chi connectivity index (χ1v) is 6.16. The van der Waals surface area contributed by atoms with Gasteiger partial charge in [-0.2, -0.15) is 0 Å². The summed E-state index contributed by atoms with van der Waals surface area (Å²) in [6.07, 6.45) is 0.351. The molecule has 0 aromatic carbocycles. The summed E-state index contributed by atoms with van der Waals surface area (Å²) in [5, 5.41) is 0. The first-order chi connectivity index (χ1) is 8.47. The minimum Gasteiger partial charge on any atom is -0.465 e. The molecule has 4 nitrogen and oxygen atoms in total. The lowest BCUT2D eigenvalue weighted by Crippen LogP contribution is -2.43. The van der Waals surface area contributed by atoms with Crippen LogP contribution in [0.15, 0.2) is 11.4 Å². The second kappa shape index (κ2) is 5.98. The largest absolute Gasteiger partial charge is 0.465 e. The smallest absolute Gasteiger partial charge is 0.323 e. The Morgan fingerprint density at radius 3 is 2.11 bits per heavy atom. The second-order valence-electron chi connectivity index (χ2n) is 4.39. The molecule has 1 rings (SSSR count). The van der Waals surface area contributed by atoms with E-state index in [1.807, 2.05) is 0 Å². The fourth-order valence-corrected chi connectivity index (χ4v) is 2.01. The van der Waals surface area contributed by atoms with Crippen LogP contribution in [0.2, 0.25) is 0 Å². The zero-order chi connectivity index (χ0) is 13.8. The van der Waals surface area contributed by atoms with Crippen molar-refractivity contribution in [3.63, 3.8) is 0 Å². The molecule has 0 aromatic heterocycles. The van der Waals surface area contributed by atoms with Crippen LogP contribution in [-0.2, 0) is 19.1 Å². The van der Waals surface area contributed by atoms with Gasteiger partial charge in [-0.3, -0.25) is 9.59 Å². The molecule has 0 aromatic rings. The van der Waals surface area contributed by atoms with E-state index in [0.717, 1.165) is 0 Å². The highest BCUT2D eigenvalue weighted by atomic mass is 19.1. The summed E-state index contributed by atoms with van der Waals surface area (Å²) in [6.45, 7) is 5.28. The summed E-state index contributed by atoms with van der Waals surface area (Å²) < 4.78 is 23.6. The van der Waals surface area contributed by atoms with Crippen molar-refractivity contribution in [3.05, 3.63) is 11.4 Å². The topological polar surface area (TPSA) is 52.6 Å². The van der Waals surface area contributed by atoms with E-state index < -0.39 is 23.2 Å². The SMILES string of the molecule is CCOC(=O)C1(C(=O)OCC)CCC(C)=C(F)C1. The first kappa shape index (κ1) is 14.7. The molecule has 1 aliphatic rings. The molecule has 0 saturated carbocycles. The van der Waals surface area contributed by atoms with Gasteiger partial charge in [-0.15, -0.1) is 0 Å². The van der Waals surface area contributed by atoms with E-state index in [2.05, 4.69) is 0 Å². The molecule has 0 aliphatic heterocycles. The van der Waals surface area contributed by atoms with Gasteiger partial charge < -0.3 is 9.47 Å². The number of halogens is 1. The predicted molar refractivity (Wildman–Crippen MR) is 63.4 cm³/mol. The Morgan fingerprint density at radius 2 is 1.72 bits per heavy atom. The Labute approximate surface area is 106 Å². The minimum atomic E-state index is -1.50. The Hall–Kier alpha value is -1.39. The van der Waals surface area contributed by atoms with Crippen molar-refractivity contribution in [3.8, 4) is 0 Å². The van der Waals surface area contributed by atoms with Gasteiger partial charge in [-0.25, -0.2) is 4.39 Å². The molecule has 0 fully saturated rings. The molecule has 0 atom stereocenters. The summed E-state index contributed by atoms with van der Waals surface area (Å²) in [5.74, 6) is -1.79. The summed E-state index contributed by atoms with van der Waals surface area (Å²) in [4.78, 5) is 24.0. The van der Waals surface area contributed by atoms with Gasteiger partial charge in [-0.1, -0.05) is 0 Å². The molecule has 0 spiro atoms. The number of esters is 2. The van der Waals surface area contributed by atoms with Crippen molar-refractivity contribution in [2.45, 2.75) is 40.0 Å². The summed E-state index contributed by atoms with van der Waals surface area (Å²) in [6, 6.07) is 0. The Bertz CT molecular complexity index is 355. The zero-order valence-corrected chi connectivity index (χ0v) is 11.0. The molecular weight excluding hydrogens is 239 g/mol. The van der Waals surface area contributed by atoms with E-state index in [-0.39, 0.29) is 26.1 Å². The monoisotopic (exact) mass is 258 g/mol. The second-order valence-corrected chi connectivity index (χ2v) is 4.39. The van der Waals surface area contributed by atoms with Crippen LogP contribution in [0.5, 0.6) is 0 Å². The number of hydrogen-bond donors (Lipinski definition) is 0. The molecule has 0 amide bonds. The predicted octanol–water partition coefficient (Wildman–Crippen LogP) is 2.53. The van der Waals surface area contributed by atoms with Crippen molar-refractivity contribution < 1.29 is 23.5 Å². The highest BCUT2D eigenvalue weighted by molar-refractivity contribution is 6.00. The molecule has 5 heteroatoms. The number of rotatable bonds is 4. The number of carbonyl (C=O) groups is 2. The maximum Gasteiger partial charge on any atom is 0.323 e. The molecule has 1 aliphatic carbocycles. The molecule has 0 N–H and O–H groups in total. The van der Waals surface area contributed by atoms with Crippen LogP contribution in [0.1, 0.15) is 40.0 Å². The van der Waals surface area contributed by atoms with Crippen molar-refractivity contribution in [2.75, 3.05) is 13.2 Å². The minimum absolute atomic E-state index is 0.157. The fraction of sp³-hybridized carbons (Fsp3) is 0.692. The van der Waals surface area contributed by atoms with Crippen LogP contribution in [0.25, 0.3) is 0 Å². The summed E-state index contributed by atoms with van der Waals surface area (Å²) in [7, 11) is 0. The lowest BCUT2D eigenvalue weighted by atomic mass is 9.74.